The van der Waals surface area contributed by atoms with Crippen LogP contribution in [0.2, 0.25) is 0 Å². The lowest BCUT2D eigenvalue weighted by molar-refractivity contribution is -0.124. The predicted molar refractivity (Wildman–Crippen MR) is 94.5 cm³/mol. The van der Waals surface area contributed by atoms with Gasteiger partial charge in [-0.2, -0.15) is 0 Å². The zero-order chi connectivity index (χ0) is 20.1. The number of primary amides is 1. The number of benzene rings is 2. The van der Waals surface area contributed by atoms with Crippen LogP contribution in [0.15, 0.2) is 42.5 Å². The van der Waals surface area contributed by atoms with Crippen molar-refractivity contribution in [2.75, 3.05) is 6.54 Å². The van der Waals surface area contributed by atoms with E-state index in [-0.39, 0.29) is 24.6 Å². The summed E-state index contributed by atoms with van der Waals surface area (Å²) in [4.78, 5) is 50.0. The monoisotopic (exact) mass is 382 g/mol. The van der Waals surface area contributed by atoms with Crippen molar-refractivity contribution in [3.05, 3.63) is 70.5 Å². The molecule has 2 aromatic carbocycles. The van der Waals surface area contributed by atoms with Crippen LogP contribution in [-0.2, 0) is 16.9 Å². The minimum Gasteiger partial charge on any atom is -0.366 e. The van der Waals surface area contributed by atoms with E-state index in [0.29, 0.717) is 16.7 Å². The third-order valence-electron chi connectivity index (χ3n) is 4.98. The second kappa shape index (κ2) is 6.15. The Bertz CT molecular complexity index is 1040. The first-order chi connectivity index (χ1) is 13.3. The van der Waals surface area contributed by atoms with Gasteiger partial charge in [-0.3, -0.25) is 19.7 Å². The molecule has 2 heterocycles. The summed E-state index contributed by atoms with van der Waals surface area (Å²) >= 11 is 0. The molecule has 0 saturated carbocycles. The minimum atomic E-state index is -1.55. The Labute approximate surface area is 158 Å². The fraction of sp³-hybridized carbons (Fsp3) is 0.158. The molecular weight excluding hydrogens is 367 g/mol. The number of carbonyl (C=O) groups is 4. The van der Waals surface area contributed by atoms with E-state index >= 15 is 0 Å². The highest BCUT2D eigenvalue weighted by Crippen LogP contribution is 2.31. The average Bonchev–Trinajstić information content (AvgIpc) is 3.11. The molecule has 4 N–H and O–H groups in total. The van der Waals surface area contributed by atoms with Gasteiger partial charge in [-0.15, -0.1) is 0 Å². The summed E-state index contributed by atoms with van der Waals surface area (Å²) in [6.07, 6.45) is 0. The number of nitrogens with zero attached hydrogens (tertiary/aromatic N) is 1. The maximum Gasteiger partial charge on any atom is 0.322 e. The average molecular weight is 382 g/mol. The Hall–Kier alpha value is -3.75. The van der Waals surface area contributed by atoms with Gasteiger partial charge >= 0.3 is 6.03 Å². The fourth-order valence-electron chi connectivity index (χ4n) is 3.58. The van der Waals surface area contributed by atoms with Gasteiger partial charge in [0.05, 0.1) is 6.54 Å². The summed E-state index contributed by atoms with van der Waals surface area (Å²) in [5.74, 6) is -2.08. The molecule has 2 aromatic rings. The molecule has 0 spiro atoms. The molecule has 142 valence electrons. The molecule has 1 atom stereocenters. The van der Waals surface area contributed by atoms with E-state index in [1.54, 1.807) is 0 Å². The second-order valence-corrected chi connectivity index (χ2v) is 6.72. The predicted octanol–water partition coefficient (Wildman–Crippen LogP) is 0.615. The van der Waals surface area contributed by atoms with Crippen LogP contribution in [0.3, 0.4) is 0 Å². The normalized spacial score (nSPS) is 20.8. The largest absolute Gasteiger partial charge is 0.366 e. The van der Waals surface area contributed by atoms with Crippen LogP contribution in [0, 0.1) is 5.82 Å². The molecule has 1 unspecified atom stereocenters. The first-order valence-corrected chi connectivity index (χ1v) is 8.42. The SMILES string of the molecule is NC(=O)c1ccc2c(c1)CN(CC1(c3ccc(F)cc3)NC(=O)NC1=O)C2=O. The van der Waals surface area contributed by atoms with Crippen molar-refractivity contribution in [1.82, 2.24) is 15.5 Å². The van der Waals surface area contributed by atoms with Gasteiger partial charge in [0.25, 0.3) is 11.8 Å². The number of halogens is 1. The van der Waals surface area contributed by atoms with E-state index in [9.17, 15) is 23.6 Å². The van der Waals surface area contributed by atoms with Crippen LogP contribution in [0.1, 0.15) is 31.8 Å². The summed E-state index contributed by atoms with van der Waals surface area (Å²) in [7, 11) is 0. The van der Waals surface area contributed by atoms with Crippen LogP contribution in [0.5, 0.6) is 0 Å². The number of hydrogen-bond acceptors (Lipinski definition) is 4. The third-order valence-corrected chi connectivity index (χ3v) is 4.98. The van der Waals surface area contributed by atoms with Crippen LogP contribution < -0.4 is 16.4 Å². The molecule has 0 aromatic heterocycles. The number of imide groups is 1. The lowest BCUT2D eigenvalue weighted by Crippen LogP contribution is -2.52. The maximum atomic E-state index is 13.3. The molecule has 5 amide bonds. The van der Waals surface area contributed by atoms with Crippen LogP contribution >= 0.6 is 0 Å². The Morgan fingerprint density at radius 1 is 1.14 bits per heavy atom. The number of rotatable bonds is 4. The Kier molecular flexibility index (Phi) is 3.88. The zero-order valence-electron chi connectivity index (χ0n) is 14.5. The van der Waals surface area contributed by atoms with Crippen molar-refractivity contribution >= 4 is 23.8 Å². The molecule has 9 heteroatoms. The highest BCUT2D eigenvalue weighted by Gasteiger charge is 2.50. The number of nitrogens with one attached hydrogen (secondary N) is 2. The molecular formula is C19H15FN4O4. The number of carbonyl (C=O) groups excluding carboxylic acids is 4. The van der Waals surface area contributed by atoms with Crippen LogP contribution in [0.25, 0.3) is 0 Å². The molecule has 0 bridgehead atoms. The van der Waals surface area contributed by atoms with Gasteiger partial charge in [0.1, 0.15) is 5.82 Å². The van der Waals surface area contributed by atoms with E-state index in [1.807, 2.05) is 0 Å². The van der Waals surface area contributed by atoms with Gasteiger partial charge in [0.2, 0.25) is 5.91 Å². The van der Waals surface area contributed by atoms with Gasteiger partial charge in [-0.1, -0.05) is 12.1 Å². The van der Waals surface area contributed by atoms with E-state index in [0.717, 1.165) is 0 Å². The quantitative estimate of drug-likeness (QED) is 0.671. The van der Waals surface area contributed by atoms with Gasteiger partial charge in [-0.05, 0) is 41.5 Å². The van der Waals surface area contributed by atoms with Crippen molar-refractivity contribution in [3.8, 4) is 0 Å². The minimum absolute atomic E-state index is 0.140. The molecule has 2 aliphatic heterocycles. The van der Waals surface area contributed by atoms with Crippen molar-refractivity contribution in [2.24, 2.45) is 5.73 Å². The summed E-state index contributed by atoms with van der Waals surface area (Å²) in [5.41, 5.74) is 5.34. The second-order valence-electron chi connectivity index (χ2n) is 6.72. The smallest absolute Gasteiger partial charge is 0.322 e. The summed E-state index contributed by atoms with van der Waals surface area (Å²) in [6, 6.07) is 8.93. The Balaban J connectivity index is 1.69. The molecule has 2 aliphatic rings. The summed E-state index contributed by atoms with van der Waals surface area (Å²) in [6.45, 7) is -0.0169. The van der Waals surface area contributed by atoms with E-state index in [4.69, 9.17) is 5.73 Å². The molecule has 8 nitrogen and oxygen atoms in total. The first-order valence-electron chi connectivity index (χ1n) is 8.42. The van der Waals surface area contributed by atoms with E-state index < -0.39 is 29.2 Å². The van der Waals surface area contributed by atoms with E-state index in [2.05, 4.69) is 10.6 Å². The van der Waals surface area contributed by atoms with Crippen molar-refractivity contribution in [2.45, 2.75) is 12.1 Å². The lowest BCUT2D eigenvalue weighted by atomic mass is 9.89. The standard InChI is InChI=1S/C19H15FN4O4/c20-13-4-2-12(3-5-13)19(17(27)22-18(28)23-19)9-24-8-11-7-10(15(21)25)1-6-14(11)16(24)26/h1-7H,8-9H2,(H2,21,25)(H2,22,23,27,28). The molecule has 4 rings (SSSR count). The Morgan fingerprint density at radius 2 is 1.86 bits per heavy atom. The first kappa shape index (κ1) is 17.7. The fourth-order valence-corrected chi connectivity index (χ4v) is 3.58. The number of hydrogen-bond donors (Lipinski definition) is 3. The van der Waals surface area contributed by atoms with Gasteiger partial charge in [0, 0.05) is 17.7 Å². The number of urea groups is 1. The topological polar surface area (TPSA) is 122 Å². The third kappa shape index (κ3) is 2.68. The maximum absolute atomic E-state index is 13.3. The van der Waals surface area contributed by atoms with E-state index in [1.165, 1.54) is 47.4 Å². The van der Waals surface area contributed by atoms with Gasteiger partial charge in [-0.25, -0.2) is 9.18 Å². The number of amides is 5. The summed E-state index contributed by atoms with van der Waals surface area (Å²) < 4.78 is 13.3. The van der Waals surface area contributed by atoms with Gasteiger partial charge < -0.3 is 16.0 Å². The Morgan fingerprint density at radius 3 is 2.46 bits per heavy atom. The lowest BCUT2D eigenvalue weighted by Gasteiger charge is -2.31. The van der Waals surface area contributed by atoms with Crippen LogP contribution in [-0.4, -0.2) is 35.2 Å². The molecule has 1 fully saturated rings. The van der Waals surface area contributed by atoms with Crippen LogP contribution in [0.4, 0.5) is 9.18 Å². The molecule has 1 saturated heterocycles. The van der Waals surface area contributed by atoms with Crippen molar-refractivity contribution < 1.29 is 23.6 Å². The molecule has 0 radical (unpaired) electrons. The van der Waals surface area contributed by atoms with Crippen molar-refractivity contribution in [1.29, 1.82) is 0 Å². The number of nitrogens with two attached hydrogens (primary N) is 1. The number of fused-ring (bicyclic) bond motifs is 1. The van der Waals surface area contributed by atoms with Gasteiger partial charge in [0.15, 0.2) is 5.54 Å². The zero-order valence-corrected chi connectivity index (χ0v) is 14.5. The highest BCUT2D eigenvalue weighted by molar-refractivity contribution is 6.08. The van der Waals surface area contributed by atoms with Crippen molar-refractivity contribution in [3.63, 3.8) is 0 Å². The molecule has 28 heavy (non-hydrogen) atoms. The highest BCUT2D eigenvalue weighted by atomic mass is 19.1. The summed E-state index contributed by atoms with van der Waals surface area (Å²) in [5, 5.41) is 4.74. The molecule has 0 aliphatic carbocycles.